The highest BCUT2D eigenvalue weighted by Gasteiger charge is 2.28. The zero-order valence-corrected chi connectivity index (χ0v) is 33.7. The van der Waals surface area contributed by atoms with Crippen molar-refractivity contribution in [1.82, 2.24) is 5.32 Å². The molecule has 0 aliphatic rings. The lowest BCUT2D eigenvalue weighted by atomic mass is 10.0. The second-order valence-corrected chi connectivity index (χ2v) is 16.6. The van der Waals surface area contributed by atoms with Gasteiger partial charge in [0.25, 0.3) is 10.1 Å². The molecule has 0 saturated heterocycles. The fourth-order valence-electron chi connectivity index (χ4n) is 6.75. The summed E-state index contributed by atoms with van der Waals surface area (Å²) in [4.78, 5) is 12.6. The molecule has 3 unspecified atom stereocenters. The molecule has 0 aromatic rings. The number of allylic oxidation sites excluding steroid dienone is 2. The summed E-state index contributed by atoms with van der Waals surface area (Å²) in [6.07, 6.45) is 40.8. The van der Waals surface area contributed by atoms with E-state index in [2.05, 4.69) is 31.3 Å². The third-order valence-corrected chi connectivity index (χ3v) is 10.9. The van der Waals surface area contributed by atoms with E-state index >= 15 is 0 Å². The van der Waals surface area contributed by atoms with Gasteiger partial charge >= 0.3 is 0 Å². The molecule has 0 aliphatic carbocycles. The average molecular weight is 730 g/mol. The summed E-state index contributed by atoms with van der Waals surface area (Å²) in [6, 6.07) is -1.15. The summed E-state index contributed by atoms with van der Waals surface area (Å²) in [5.41, 5.74) is 0. The molecule has 0 heterocycles. The largest absolute Gasteiger partial charge is 0.391 e. The summed E-state index contributed by atoms with van der Waals surface area (Å²) in [6.45, 7) is 4.51. The fourth-order valence-corrected chi connectivity index (χ4v) is 7.51. The molecule has 0 spiro atoms. The molecule has 0 aromatic carbocycles. The molecular formula is C42H83NO6S. The van der Waals surface area contributed by atoms with Gasteiger partial charge in [-0.05, 0) is 38.5 Å². The third kappa shape index (κ3) is 35.4. The molecule has 50 heavy (non-hydrogen) atoms. The van der Waals surface area contributed by atoms with Crippen LogP contribution in [0.25, 0.3) is 0 Å². The van der Waals surface area contributed by atoms with Gasteiger partial charge in [0.1, 0.15) is 6.10 Å². The highest BCUT2D eigenvalue weighted by atomic mass is 32.2. The Bertz CT molecular complexity index is 864. The summed E-state index contributed by atoms with van der Waals surface area (Å²) in [5, 5.41) is 23.5. The van der Waals surface area contributed by atoms with Crippen molar-refractivity contribution in [3.8, 4) is 0 Å². The van der Waals surface area contributed by atoms with Crippen molar-refractivity contribution < 1.29 is 28.0 Å². The van der Waals surface area contributed by atoms with Gasteiger partial charge in [-0.1, -0.05) is 199 Å². The first kappa shape index (κ1) is 49.0. The third-order valence-electron chi connectivity index (χ3n) is 10.1. The molecule has 0 saturated carbocycles. The molecule has 0 aromatic heterocycles. The number of rotatable bonds is 39. The molecule has 4 N–H and O–H groups in total. The predicted octanol–water partition coefficient (Wildman–Crippen LogP) is 11.6. The van der Waals surface area contributed by atoms with Gasteiger partial charge in [0, 0.05) is 0 Å². The summed E-state index contributed by atoms with van der Waals surface area (Å²) in [7, 11) is -4.41. The number of unbranched alkanes of at least 4 members (excludes halogenated alkanes) is 28. The van der Waals surface area contributed by atoms with E-state index in [0.717, 1.165) is 51.4 Å². The highest BCUT2D eigenvalue weighted by Crippen LogP contribution is 2.16. The van der Waals surface area contributed by atoms with Crippen LogP contribution in [0, 0.1) is 0 Å². The number of aliphatic hydroxyl groups excluding tert-OH is 2. The first-order chi connectivity index (χ1) is 24.2. The van der Waals surface area contributed by atoms with E-state index in [1.807, 2.05) is 0 Å². The van der Waals surface area contributed by atoms with Gasteiger partial charge in [-0.25, -0.2) is 0 Å². The molecule has 0 radical (unpaired) electrons. The first-order valence-electron chi connectivity index (χ1n) is 21.5. The van der Waals surface area contributed by atoms with Gasteiger partial charge in [0.15, 0.2) is 0 Å². The first-order valence-corrected chi connectivity index (χ1v) is 23.1. The Kier molecular flexibility index (Phi) is 35.7. The van der Waals surface area contributed by atoms with Crippen LogP contribution in [-0.2, 0) is 14.9 Å². The van der Waals surface area contributed by atoms with Gasteiger partial charge in [-0.3, -0.25) is 9.35 Å². The molecule has 298 valence electrons. The van der Waals surface area contributed by atoms with Crippen LogP contribution < -0.4 is 5.32 Å². The molecular weight excluding hydrogens is 647 g/mol. The molecule has 1 amide bonds. The topological polar surface area (TPSA) is 124 Å². The average Bonchev–Trinajstić information content (AvgIpc) is 3.08. The van der Waals surface area contributed by atoms with Crippen molar-refractivity contribution in [3.05, 3.63) is 12.2 Å². The number of hydrogen-bond acceptors (Lipinski definition) is 5. The number of nitrogens with one attached hydrogen (secondary N) is 1. The predicted molar refractivity (Wildman–Crippen MR) is 213 cm³/mol. The van der Waals surface area contributed by atoms with Crippen molar-refractivity contribution in [2.24, 2.45) is 0 Å². The van der Waals surface area contributed by atoms with E-state index in [0.29, 0.717) is 19.3 Å². The Morgan fingerprint density at radius 3 is 1.20 bits per heavy atom. The van der Waals surface area contributed by atoms with Crippen molar-refractivity contribution in [3.63, 3.8) is 0 Å². The Hall–Kier alpha value is -0.960. The van der Waals surface area contributed by atoms with Gasteiger partial charge in [0.2, 0.25) is 5.91 Å². The zero-order valence-electron chi connectivity index (χ0n) is 32.9. The van der Waals surface area contributed by atoms with Crippen LogP contribution in [0.2, 0.25) is 0 Å². The van der Waals surface area contributed by atoms with Crippen LogP contribution in [0.5, 0.6) is 0 Å². The normalized spacial score (nSPS) is 13.9. The maximum Gasteiger partial charge on any atom is 0.266 e. The highest BCUT2D eigenvalue weighted by molar-refractivity contribution is 7.85. The van der Waals surface area contributed by atoms with E-state index in [1.165, 1.54) is 141 Å². The molecule has 3 atom stereocenters. The van der Waals surface area contributed by atoms with Gasteiger partial charge < -0.3 is 15.5 Å². The van der Waals surface area contributed by atoms with E-state index in [4.69, 9.17) is 0 Å². The fraction of sp³-hybridized carbons (Fsp3) is 0.929. The molecule has 0 rings (SSSR count). The van der Waals surface area contributed by atoms with Crippen LogP contribution in [0.15, 0.2) is 12.2 Å². The molecule has 0 aliphatic heterocycles. The lowest BCUT2D eigenvalue weighted by Crippen LogP contribution is -2.50. The van der Waals surface area contributed by atoms with Crippen molar-refractivity contribution in [2.45, 2.75) is 244 Å². The van der Waals surface area contributed by atoms with Crippen molar-refractivity contribution >= 4 is 16.0 Å². The smallest absolute Gasteiger partial charge is 0.266 e. The van der Waals surface area contributed by atoms with Crippen LogP contribution >= 0.6 is 0 Å². The lowest BCUT2D eigenvalue weighted by molar-refractivity contribution is -0.131. The van der Waals surface area contributed by atoms with Crippen molar-refractivity contribution in [2.75, 3.05) is 5.75 Å². The van der Waals surface area contributed by atoms with E-state index in [9.17, 15) is 28.0 Å². The second-order valence-electron chi connectivity index (χ2n) is 15.1. The van der Waals surface area contributed by atoms with Gasteiger partial charge in [0.05, 0.1) is 17.9 Å². The number of carbonyl (C=O) groups is 1. The summed E-state index contributed by atoms with van der Waals surface area (Å²) < 4.78 is 32.6. The van der Waals surface area contributed by atoms with E-state index < -0.39 is 40.0 Å². The lowest BCUT2D eigenvalue weighted by Gasteiger charge is -2.24. The van der Waals surface area contributed by atoms with Crippen molar-refractivity contribution in [1.29, 1.82) is 0 Å². The van der Waals surface area contributed by atoms with Crippen LogP contribution in [-0.4, -0.2) is 53.1 Å². The quantitative estimate of drug-likeness (QED) is 0.0284. The Morgan fingerprint density at radius 2 is 0.840 bits per heavy atom. The van der Waals surface area contributed by atoms with Gasteiger partial charge in [-0.15, -0.1) is 0 Å². The maximum absolute atomic E-state index is 12.6. The van der Waals surface area contributed by atoms with Gasteiger partial charge in [-0.2, -0.15) is 8.42 Å². The van der Waals surface area contributed by atoms with Crippen LogP contribution in [0.4, 0.5) is 0 Å². The standard InChI is InChI=1S/C42H83NO6S/c1-3-5-7-9-11-13-15-17-19-20-21-22-23-25-27-29-31-33-35-37-41(45)42(46)43-39(38-50(47,48)49)40(44)36-34-32-30-28-26-24-18-16-14-12-10-8-6-4-2/h21-22,39-41,44-45H,3-20,23-38H2,1-2H3,(H,43,46)(H,47,48,49)/b22-21-. The second kappa shape index (κ2) is 36.4. The SMILES string of the molecule is CCCCCCCCCCC/C=C\CCCCCCCCC(O)C(=O)NC(CS(=O)(=O)O)C(O)CCCCCCCCCCCCCCCC. The monoisotopic (exact) mass is 730 g/mol. The van der Waals surface area contributed by atoms with E-state index in [-0.39, 0.29) is 0 Å². The minimum absolute atomic E-state index is 0.293. The molecule has 0 fully saturated rings. The van der Waals surface area contributed by atoms with Crippen LogP contribution in [0.1, 0.15) is 226 Å². The Morgan fingerprint density at radius 1 is 0.520 bits per heavy atom. The van der Waals surface area contributed by atoms with E-state index in [1.54, 1.807) is 0 Å². The van der Waals surface area contributed by atoms with Crippen LogP contribution in [0.3, 0.4) is 0 Å². The Balaban J connectivity index is 3.94. The minimum atomic E-state index is -4.41. The number of hydrogen-bond donors (Lipinski definition) is 4. The number of aliphatic hydroxyl groups is 2. The number of carbonyl (C=O) groups excluding carboxylic acids is 1. The molecule has 0 bridgehead atoms. The minimum Gasteiger partial charge on any atom is -0.391 e. The summed E-state index contributed by atoms with van der Waals surface area (Å²) in [5.74, 6) is -1.45. The number of amides is 1. The Labute approximate surface area is 310 Å². The maximum atomic E-state index is 12.6. The zero-order chi connectivity index (χ0) is 37.0. The molecule has 8 heteroatoms. The summed E-state index contributed by atoms with van der Waals surface area (Å²) >= 11 is 0. The molecule has 7 nitrogen and oxygen atoms in total.